The number of carbonyl (C=O) groups excluding carboxylic acids is 1. The van der Waals surface area contributed by atoms with Gasteiger partial charge in [0.25, 0.3) is 5.69 Å². The number of para-hydroxylation sites is 2. The lowest BCUT2D eigenvalue weighted by Crippen LogP contribution is -2.23. The standard InChI is InChI=1S/C17H13ClN6O3S/c1-9(15(25)19-13-8-10(24(26)27)6-7-11(13)18)28-17-22-21-16-20-12-4-2-3-5-14(12)23(16)17/h2-9H,1H3,(H,19,25)(H,20,21). The summed E-state index contributed by atoms with van der Waals surface area (Å²) in [5, 5.41) is 20.9. The van der Waals surface area contributed by atoms with E-state index in [1.165, 1.54) is 30.0 Å². The third kappa shape index (κ3) is 3.27. The van der Waals surface area contributed by atoms with E-state index in [1.54, 1.807) is 6.92 Å². The van der Waals surface area contributed by atoms with Crippen LogP contribution >= 0.6 is 23.4 Å². The van der Waals surface area contributed by atoms with E-state index in [4.69, 9.17) is 11.6 Å². The largest absolute Gasteiger partial charge is 0.324 e. The zero-order chi connectivity index (χ0) is 19.8. The van der Waals surface area contributed by atoms with E-state index < -0.39 is 10.2 Å². The van der Waals surface area contributed by atoms with Crippen molar-refractivity contribution in [1.82, 2.24) is 19.6 Å². The maximum Gasteiger partial charge on any atom is 0.271 e. The molecule has 2 N–H and O–H groups in total. The fourth-order valence-corrected chi connectivity index (χ4v) is 3.73. The van der Waals surface area contributed by atoms with E-state index in [-0.39, 0.29) is 22.3 Å². The number of aromatic nitrogens is 4. The van der Waals surface area contributed by atoms with Crippen LogP contribution in [0.1, 0.15) is 6.92 Å². The molecule has 0 saturated heterocycles. The van der Waals surface area contributed by atoms with Crippen LogP contribution in [0.3, 0.4) is 0 Å². The molecule has 28 heavy (non-hydrogen) atoms. The summed E-state index contributed by atoms with van der Waals surface area (Å²) in [4.78, 5) is 27.4. The molecule has 0 saturated carbocycles. The summed E-state index contributed by atoms with van der Waals surface area (Å²) in [5.41, 5.74) is 1.73. The molecule has 4 rings (SSSR count). The summed E-state index contributed by atoms with van der Waals surface area (Å²) < 4.78 is 1.84. The number of anilines is 1. The minimum absolute atomic E-state index is 0.154. The van der Waals surface area contributed by atoms with Gasteiger partial charge in [0.1, 0.15) is 0 Å². The highest BCUT2D eigenvalue weighted by atomic mass is 35.5. The van der Waals surface area contributed by atoms with Gasteiger partial charge in [0.2, 0.25) is 11.7 Å². The van der Waals surface area contributed by atoms with Crippen LogP contribution in [-0.4, -0.2) is 35.7 Å². The van der Waals surface area contributed by atoms with Crippen molar-refractivity contribution in [3.8, 4) is 0 Å². The first kappa shape index (κ1) is 18.3. The summed E-state index contributed by atoms with van der Waals surface area (Å²) in [5.74, 6) is 0.228. The molecule has 0 aliphatic carbocycles. The van der Waals surface area contributed by atoms with E-state index in [1.807, 2.05) is 28.7 Å². The first-order valence-corrected chi connectivity index (χ1v) is 9.43. The molecule has 1 amide bonds. The number of thioether (sulfide) groups is 1. The number of hydrogen-bond acceptors (Lipinski definition) is 6. The molecule has 0 fully saturated rings. The molecule has 0 spiro atoms. The summed E-state index contributed by atoms with van der Waals surface area (Å²) >= 11 is 7.28. The SMILES string of the molecule is CC(Sc1n[nH]c2nc3ccccc3n12)C(=O)Nc1cc([N+](=O)[O-])ccc1Cl. The second-order valence-corrected chi connectivity index (χ2v) is 7.65. The van der Waals surface area contributed by atoms with Crippen molar-refractivity contribution in [2.45, 2.75) is 17.3 Å². The van der Waals surface area contributed by atoms with Gasteiger partial charge in [0, 0.05) is 12.1 Å². The van der Waals surface area contributed by atoms with Gasteiger partial charge in [-0.3, -0.25) is 19.3 Å². The number of fused-ring (bicyclic) bond motifs is 3. The summed E-state index contributed by atoms with van der Waals surface area (Å²) in [7, 11) is 0. The van der Waals surface area contributed by atoms with Crippen LogP contribution in [0.15, 0.2) is 47.6 Å². The van der Waals surface area contributed by atoms with Gasteiger partial charge in [-0.1, -0.05) is 35.5 Å². The Morgan fingerprint density at radius 1 is 1.36 bits per heavy atom. The molecular weight excluding hydrogens is 404 g/mol. The van der Waals surface area contributed by atoms with E-state index in [0.29, 0.717) is 10.9 Å². The minimum atomic E-state index is -0.547. The number of nitro benzene ring substituents is 1. The van der Waals surface area contributed by atoms with E-state index in [0.717, 1.165) is 11.0 Å². The Bertz CT molecular complexity index is 1220. The van der Waals surface area contributed by atoms with Crippen LogP contribution in [0.2, 0.25) is 5.02 Å². The van der Waals surface area contributed by atoms with Crippen molar-refractivity contribution >= 4 is 57.5 Å². The van der Waals surface area contributed by atoms with E-state index in [2.05, 4.69) is 20.5 Å². The van der Waals surface area contributed by atoms with Crippen LogP contribution in [0, 0.1) is 10.1 Å². The molecule has 1 unspecified atom stereocenters. The molecule has 9 nitrogen and oxygen atoms in total. The number of carbonyl (C=O) groups is 1. The number of aromatic amines is 1. The normalized spacial score (nSPS) is 12.4. The van der Waals surface area contributed by atoms with Gasteiger partial charge < -0.3 is 5.32 Å². The van der Waals surface area contributed by atoms with Gasteiger partial charge in [-0.15, -0.1) is 5.10 Å². The number of halogens is 1. The third-order valence-corrected chi connectivity index (χ3v) is 5.46. The smallest absolute Gasteiger partial charge is 0.271 e. The third-order valence-electron chi connectivity index (χ3n) is 4.07. The lowest BCUT2D eigenvalue weighted by Gasteiger charge is -2.12. The predicted molar refractivity (Wildman–Crippen MR) is 107 cm³/mol. The van der Waals surface area contributed by atoms with Crippen molar-refractivity contribution in [3.05, 3.63) is 57.6 Å². The molecule has 2 heterocycles. The summed E-state index contributed by atoms with van der Waals surface area (Å²) in [6.07, 6.45) is 0. The first-order chi connectivity index (χ1) is 13.4. The molecule has 0 aliphatic heterocycles. The molecule has 0 aliphatic rings. The highest BCUT2D eigenvalue weighted by Gasteiger charge is 2.21. The van der Waals surface area contributed by atoms with Crippen molar-refractivity contribution < 1.29 is 9.72 Å². The van der Waals surface area contributed by atoms with Gasteiger partial charge in [-0.05, 0) is 25.1 Å². The molecular formula is C17H13ClN6O3S. The van der Waals surface area contributed by atoms with Crippen LogP contribution in [0.4, 0.5) is 11.4 Å². The second-order valence-electron chi connectivity index (χ2n) is 5.94. The number of nitro groups is 1. The Kier molecular flexibility index (Phi) is 4.65. The van der Waals surface area contributed by atoms with Gasteiger partial charge in [0.15, 0.2) is 5.16 Å². The molecule has 142 valence electrons. The van der Waals surface area contributed by atoms with Crippen LogP contribution < -0.4 is 5.32 Å². The molecule has 2 aromatic heterocycles. The number of rotatable bonds is 5. The lowest BCUT2D eigenvalue weighted by molar-refractivity contribution is -0.384. The number of H-pyrrole nitrogens is 1. The van der Waals surface area contributed by atoms with Gasteiger partial charge >= 0.3 is 0 Å². The molecule has 0 bridgehead atoms. The van der Waals surface area contributed by atoms with Crippen LogP contribution in [-0.2, 0) is 4.79 Å². The zero-order valence-corrected chi connectivity index (χ0v) is 16.0. The van der Waals surface area contributed by atoms with E-state index in [9.17, 15) is 14.9 Å². The average Bonchev–Trinajstić information content (AvgIpc) is 3.23. The van der Waals surface area contributed by atoms with Gasteiger partial charge in [0.05, 0.1) is 31.9 Å². The lowest BCUT2D eigenvalue weighted by atomic mass is 10.2. The molecule has 11 heteroatoms. The van der Waals surface area contributed by atoms with Crippen molar-refractivity contribution in [1.29, 1.82) is 0 Å². The average molecular weight is 417 g/mol. The number of imidazole rings is 1. The predicted octanol–water partition coefficient (Wildman–Crippen LogP) is 3.89. The van der Waals surface area contributed by atoms with E-state index >= 15 is 0 Å². The van der Waals surface area contributed by atoms with Crippen molar-refractivity contribution in [3.63, 3.8) is 0 Å². The monoisotopic (exact) mass is 416 g/mol. The quantitative estimate of drug-likeness (QED) is 0.289. The van der Waals surface area contributed by atoms with Crippen LogP contribution in [0.5, 0.6) is 0 Å². The minimum Gasteiger partial charge on any atom is -0.324 e. The first-order valence-electron chi connectivity index (χ1n) is 8.17. The number of nitrogens with one attached hydrogen (secondary N) is 2. The Hall–Kier alpha value is -3.11. The van der Waals surface area contributed by atoms with Crippen molar-refractivity contribution in [2.75, 3.05) is 5.32 Å². The van der Waals surface area contributed by atoms with Crippen LogP contribution in [0.25, 0.3) is 16.8 Å². The maximum absolute atomic E-state index is 12.6. The summed E-state index contributed by atoms with van der Waals surface area (Å²) in [6, 6.07) is 11.5. The molecule has 2 aromatic carbocycles. The Labute approximate surface area is 167 Å². The Morgan fingerprint density at radius 2 is 2.14 bits per heavy atom. The molecule has 4 aromatic rings. The fourth-order valence-electron chi connectivity index (χ4n) is 2.69. The number of nitrogens with zero attached hydrogens (tertiary/aromatic N) is 4. The molecule has 0 radical (unpaired) electrons. The highest BCUT2D eigenvalue weighted by molar-refractivity contribution is 8.00. The number of hydrogen-bond donors (Lipinski definition) is 2. The van der Waals surface area contributed by atoms with Gasteiger partial charge in [-0.2, -0.15) is 0 Å². The number of amides is 1. The Morgan fingerprint density at radius 3 is 2.93 bits per heavy atom. The second kappa shape index (κ2) is 7.13. The van der Waals surface area contributed by atoms with Gasteiger partial charge in [-0.25, -0.2) is 10.1 Å². The Balaban J connectivity index is 1.56. The zero-order valence-electron chi connectivity index (χ0n) is 14.4. The topological polar surface area (TPSA) is 118 Å². The maximum atomic E-state index is 12.6. The summed E-state index contributed by atoms with van der Waals surface area (Å²) in [6.45, 7) is 1.71. The highest BCUT2D eigenvalue weighted by Crippen LogP contribution is 2.29. The fraction of sp³-hybridized carbons (Fsp3) is 0.118. The number of benzene rings is 2. The molecule has 1 atom stereocenters. The van der Waals surface area contributed by atoms with Crippen molar-refractivity contribution in [2.24, 2.45) is 0 Å². The number of non-ortho nitro benzene ring substituents is 1.